The topological polar surface area (TPSA) is 0 Å². The summed E-state index contributed by atoms with van der Waals surface area (Å²) in [5, 5.41) is 0. The lowest BCUT2D eigenvalue weighted by molar-refractivity contribution is 0.0910. The van der Waals surface area contributed by atoms with Gasteiger partial charge in [0.1, 0.15) is 0 Å². The van der Waals surface area contributed by atoms with Gasteiger partial charge in [0.2, 0.25) is 0 Å². The molecule has 0 bridgehead atoms. The highest BCUT2D eigenvalue weighted by Crippen LogP contribution is 2.62. The van der Waals surface area contributed by atoms with Gasteiger partial charge in [0, 0.05) is 0 Å². The van der Waals surface area contributed by atoms with Gasteiger partial charge in [-0.3, -0.25) is 0 Å². The fourth-order valence-corrected chi connectivity index (χ4v) is 3.84. The summed E-state index contributed by atoms with van der Waals surface area (Å²) in [4.78, 5) is 0. The molecule has 2 rings (SSSR count). The zero-order valence-electron chi connectivity index (χ0n) is 8.66. The average molecular weight is 166 g/mol. The van der Waals surface area contributed by atoms with Crippen LogP contribution in [0.15, 0.2) is 0 Å². The first kappa shape index (κ1) is 8.59. The predicted molar refractivity (Wildman–Crippen MR) is 53.2 cm³/mol. The molecule has 70 valence electrons. The van der Waals surface area contributed by atoms with Crippen LogP contribution in [0.1, 0.15) is 65.2 Å². The molecule has 2 saturated carbocycles. The molecule has 0 N–H and O–H groups in total. The Balaban J connectivity index is 2.22. The van der Waals surface area contributed by atoms with E-state index in [2.05, 4.69) is 13.8 Å². The van der Waals surface area contributed by atoms with Crippen LogP contribution < -0.4 is 0 Å². The van der Waals surface area contributed by atoms with Gasteiger partial charge in [-0.05, 0) is 36.5 Å². The maximum Gasteiger partial charge on any atom is -0.0244 e. The van der Waals surface area contributed by atoms with E-state index in [4.69, 9.17) is 0 Å². The molecule has 0 aromatic heterocycles. The first-order valence-corrected chi connectivity index (χ1v) is 5.72. The highest BCUT2D eigenvalue weighted by molar-refractivity contribution is 5.01. The van der Waals surface area contributed by atoms with Crippen molar-refractivity contribution in [2.75, 3.05) is 0 Å². The second kappa shape index (κ2) is 2.75. The smallest absolute Gasteiger partial charge is 0.0244 e. The zero-order valence-corrected chi connectivity index (χ0v) is 8.66. The molecule has 0 aromatic rings. The summed E-state index contributed by atoms with van der Waals surface area (Å²) in [7, 11) is 0. The van der Waals surface area contributed by atoms with E-state index in [9.17, 15) is 0 Å². The van der Waals surface area contributed by atoms with Crippen molar-refractivity contribution >= 4 is 0 Å². The largest absolute Gasteiger partial charge is 0.0648 e. The van der Waals surface area contributed by atoms with Gasteiger partial charge >= 0.3 is 0 Å². The Hall–Kier alpha value is 0. The molecule has 0 unspecified atom stereocenters. The molecule has 0 aromatic carbocycles. The molecule has 0 aliphatic heterocycles. The van der Waals surface area contributed by atoms with Gasteiger partial charge in [0.15, 0.2) is 0 Å². The lowest BCUT2D eigenvalue weighted by Gasteiger charge is -2.41. The van der Waals surface area contributed by atoms with Crippen LogP contribution in [-0.2, 0) is 0 Å². The van der Waals surface area contributed by atoms with Crippen molar-refractivity contribution in [3.63, 3.8) is 0 Å². The highest BCUT2D eigenvalue weighted by atomic mass is 14.6. The van der Waals surface area contributed by atoms with E-state index in [1.807, 2.05) is 0 Å². The van der Waals surface area contributed by atoms with E-state index in [0.29, 0.717) is 5.41 Å². The molecule has 2 aliphatic rings. The van der Waals surface area contributed by atoms with E-state index in [-0.39, 0.29) is 0 Å². The Kier molecular flexibility index (Phi) is 1.97. The van der Waals surface area contributed by atoms with Gasteiger partial charge in [-0.15, -0.1) is 0 Å². The summed E-state index contributed by atoms with van der Waals surface area (Å²) < 4.78 is 0. The highest BCUT2D eigenvalue weighted by Gasteiger charge is 2.51. The average Bonchev–Trinajstić information content (AvgIpc) is 2.64. The van der Waals surface area contributed by atoms with E-state index in [1.165, 1.54) is 51.4 Å². The molecule has 12 heavy (non-hydrogen) atoms. The van der Waals surface area contributed by atoms with Crippen LogP contribution in [0.4, 0.5) is 0 Å². The predicted octanol–water partition coefficient (Wildman–Crippen LogP) is 4.15. The molecular weight excluding hydrogens is 144 g/mol. The first-order chi connectivity index (χ1) is 5.72. The van der Waals surface area contributed by atoms with Gasteiger partial charge in [-0.25, -0.2) is 0 Å². The Morgan fingerprint density at radius 3 is 2.08 bits per heavy atom. The minimum Gasteiger partial charge on any atom is -0.0648 e. The van der Waals surface area contributed by atoms with Crippen LogP contribution in [0, 0.1) is 10.8 Å². The summed E-state index contributed by atoms with van der Waals surface area (Å²) in [6.45, 7) is 4.94. The minimum atomic E-state index is 0.712. The van der Waals surface area contributed by atoms with Crippen LogP contribution in [-0.4, -0.2) is 0 Å². The van der Waals surface area contributed by atoms with Gasteiger partial charge in [-0.2, -0.15) is 0 Å². The zero-order chi connectivity index (χ0) is 8.66. The third-order valence-electron chi connectivity index (χ3n) is 5.01. The number of rotatable bonds is 1. The van der Waals surface area contributed by atoms with E-state index in [0.717, 1.165) is 5.41 Å². The summed E-state index contributed by atoms with van der Waals surface area (Å²) in [5.74, 6) is 0. The van der Waals surface area contributed by atoms with Crippen molar-refractivity contribution in [1.29, 1.82) is 0 Å². The third-order valence-corrected chi connectivity index (χ3v) is 5.01. The second-order valence-electron chi connectivity index (χ2n) is 5.26. The van der Waals surface area contributed by atoms with E-state index < -0.39 is 0 Å². The second-order valence-corrected chi connectivity index (χ2v) is 5.26. The Morgan fingerprint density at radius 2 is 1.50 bits per heavy atom. The Bertz CT molecular complexity index is 159. The summed E-state index contributed by atoms with van der Waals surface area (Å²) in [6, 6.07) is 0. The maximum atomic E-state index is 2.55. The molecule has 2 aliphatic carbocycles. The van der Waals surface area contributed by atoms with Crippen molar-refractivity contribution in [1.82, 2.24) is 0 Å². The van der Waals surface area contributed by atoms with Gasteiger partial charge < -0.3 is 0 Å². The minimum absolute atomic E-state index is 0.712. The normalized spacial score (nSPS) is 39.5. The van der Waals surface area contributed by atoms with E-state index in [1.54, 1.807) is 0 Å². The van der Waals surface area contributed by atoms with Crippen molar-refractivity contribution < 1.29 is 0 Å². The lowest BCUT2D eigenvalue weighted by atomic mass is 9.64. The Labute approximate surface area is 76.7 Å². The van der Waals surface area contributed by atoms with Crippen molar-refractivity contribution in [3.05, 3.63) is 0 Å². The quantitative estimate of drug-likeness (QED) is 0.549. The molecule has 0 nitrogen and oxygen atoms in total. The molecule has 0 heterocycles. The van der Waals surface area contributed by atoms with Crippen molar-refractivity contribution in [3.8, 4) is 0 Å². The summed E-state index contributed by atoms with van der Waals surface area (Å²) in [5.41, 5.74) is 1.51. The first-order valence-electron chi connectivity index (χ1n) is 5.72. The molecule has 1 atom stereocenters. The molecule has 1 spiro atoms. The SMILES string of the molecule is CC[C@@]1(C)CCCC12CCCC2. The monoisotopic (exact) mass is 166 g/mol. The summed E-state index contributed by atoms with van der Waals surface area (Å²) in [6.07, 6.45) is 12.1. The fraction of sp³-hybridized carbons (Fsp3) is 1.00. The van der Waals surface area contributed by atoms with Crippen LogP contribution in [0.5, 0.6) is 0 Å². The van der Waals surface area contributed by atoms with Crippen LogP contribution >= 0.6 is 0 Å². The van der Waals surface area contributed by atoms with Gasteiger partial charge in [-0.1, -0.05) is 39.5 Å². The van der Waals surface area contributed by atoms with E-state index >= 15 is 0 Å². The molecular formula is C12H22. The number of hydrogen-bond donors (Lipinski definition) is 0. The standard InChI is InChI=1S/C12H22/c1-3-11(2)7-6-10-12(11)8-4-5-9-12/h3-10H2,1-2H3/t11-/m0/s1. The third kappa shape index (κ3) is 0.963. The number of hydrogen-bond acceptors (Lipinski definition) is 0. The maximum absolute atomic E-state index is 2.55. The van der Waals surface area contributed by atoms with Gasteiger partial charge in [0.05, 0.1) is 0 Å². The summed E-state index contributed by atoms with van der Waals surface area (Å²) >= 11 is 0. The van der Waals surface area contributed by atoms with Crippen LogP contribution in [0.2, 0.25) is 0 Å². The van der Waals surface area contributed by atoms with Crippen LogP contribution in [0.3, 0.4) is 0 Å². The van der Waals surface area contributed by atoms with Crippen molar-refractivity contribution in [2.24, 2.45) is 10.8 Å². The Morgan fingerprint density at radius 1 is 0.917 bits per heavy atom. The molecule has 0 radical (unpaired) electrons. The molecule has 0 saturated heterocycles. The molecule has 0 amide bonds. The molecule has 2 fully saturated rings. The molecule has 0 heteroatoms. The fourth-order valence-electron chi connectivity index (χ4n) is 3.84. The van der Waals surface area contributed by atoms with Gasteiger partial charge in [0.25, 0.3) is 0 Å². The lowest BCUT2D eigenvalue weighted by Crippen LogP contribution is -2.31. The van der Waals surface area contributed by atoms with Crippen LogP contribution in [0.25, 0.3) is 0 Å². The van der Waals surface area contributed by atoms with Crippen molar-refractivity contribution in [2.45, 2.75) is 65.2 Å².